The number of hydrogen-bond acceptors (Lipinski definition) is 3. The van der Waals surface area contributed by atoms with Gasteiger partial charge in [0.1, 0.15) is 0 Å². The molecule has 1 atom stereocenters. The SMILES string of the molecule is CCNC(CCc1ccnn1C)CC1CCSCC1. The topological polar surface area (TPSA) is 29.9 Å². The Morgan fingerprint density at radius 1 is 1.47 bits per heavy atom. The third kappa shape index (κ3) is 4.84. The van der Waals surface area contributed by atoms with Gasteiger partial charge in [0.05, 0.1) is 0 Å². The summed E-state index contributed by atoms with van der Waals surface area (Å²) in [5.41, 5.74) is 1.35. The molecule has 1 saturated heterocycles. The number of aromatic nitrogens is 2. The fourth-order valence-electron chi connectivity index (χ4n) is 2.95. The second-order valence-electron chi connectivity index (χ2n) is 5.53. The molecule has 0 bridgehead atoms. The van der Waals surface area contributed by atoms with E-state index in [1.54, 1.807) is 0 Å². The zero-order chi connectivity index (χ0) is 13.5. The van der Waals surface area contributed by atoms with Gasteiger partial charge in [-0.2, -0.15) is 16.9 Å². The quantitative estimate of drug-likeness (QED) is 0.833. The van der Waals surface area contributed by atoms with Crippen LogP contribution in [-0.2, 0) is 13.5 Å². The van der Waals surface area contributed by atoms with Crippen molar-refractivity contribution in [2.24, 2.45) is 13.0 Å². The highest BCUT2D eigenvalue weighted by Gasteiger charge is 2.18. The average molecular weight is 281 g/mol. The molecule has 0 aliphatic carbocycles. The van der Waals surface area contributed by atoms with Crippen molar-refractivity contribution in [2.45, 2.75) is 45.1 Å². The summed E-state index contributed by atoms with van der Waals surface area (Å²) in [4.78, 5) is 0. The van der Waals surface area contributed by atoms with Crippen molar-refractivity contribution in [3.05, 3.63) is 18.0 Å². The van der Waals surface area contributed by atoms with E-state index in [1.165, 1.54) is 42.9 Å². The van der Waals surface area contributed by atoms with Gasteiger partial charge in [0.25, 0.3) is 0 Å². The van der Waals surface area contributed by atoms with Crippen LogP contribution in [0.5, 0.6) is 0 Å². The van der Waals surface area contributed by atoms with E-state index >= 15 is 0 Å². The van der Waals surface area contributed by atoms with E-state index in [0.29, 0.717) is 6.04 Å². The summed E-state index contributed by atoms with van der Waals surface area (Å²) in [5.74, 6) is 3.67. The molecule has 2 heterocycles. The van der Waals surface area contributed by atoms with Crippen LogP contribution in [0.25, 0.3) is 0 Å². The van der Waals surface area contributed by atoms with Crippen LogP contribution in [0.4, 0.5) is 0 Å². The van der Waals surface area contributed by atoms with E-state index in [-0.39, 0.29) is 0 Å². The van der Waals surface area contributed by atoms with Crippen molar-refractivity contribution >= 4 is 11.8 Å². The molecule has 0 aromatic carbocycles. The molecule has 108 valence electrons. The maximum atomic E-state index is 4.25. The predicted octanol–water partition coefficient (Wildman–Crippen LogP) is 2.86. The lowest BCUT2D eigenvalue weighted by Gasteiger charge is -2.27. The van der Waals surface area contributed by atoms with Gasteiger partial charge in [-0.3, -0.25) is 4.68 Å². The maximum Gasteiger partial charge on any atom is 0.0492 e. The third-order valence-corrected chi connectivity index (χ3v) is 5.17. The molecular formula is C15H27N3S. The predicted molar refractivity (Wildman–Crippen MR) is 83.7 cm³/mol. The summed E-state index contributed by atoms with van der Waals surface area (Å²) in [6.07, 6.45) is 8.45. The molecule has 4 heteroatoms. The van der Waals surface area contributed by atoms with Crippen molar-refractivity contribution in [2.75, 3.05) is 18.1 Å². The van der Waals surface area contributed by atoms with E-state index in [2.05, 4.69) is 35.2 Å². The van der Waals surface area contributed by atoms with Crippen molar-refractivity contribution in [1.29, 1.82) is 0 Å². The molecule has 3 nitrogen and oxygen atoms in total. The minimum absolute atomic E-state index is 0.674. The summed E-state index contributed by atoms with van der Waals surface area (Å²) in [5, 5.41) is 7.93. The zero-order valence-electron chi connectivity index (χ0n) is 12.3. The molecule has 19 heavy (non-hydrogen) atoms. The van der Waals surface area contributed by atoms with E-state index < -0.39 is 0 Å². The second-order valence-corrected chi connectivity index (χ2v) is 6.76. The Hall–Kier alpha value is -0.480. The Kier molecular flexibility index (Phi) is 6.24. The van der Waals surface area contributed by atoms with E-state index in [1.807, 2.05) is 17.9 Å². The summed E-state index contributed by atoms with van der Waals surface area (Å²) in [7, 11) is 2.04. The van der Waals surface area contributed by atoms with Gasteiger partial charge >= 0.3 is 0 Å². The molecule has 1 N–H and O–H groups in total. The fourth-order valence-corrected chi connectivity index (χ4v) is 4.15. The van der Waals surface area contributed by atoms with Crippen LogP contribution in [0.3, 0.4) is 0 Å². The monoisotopic (exact) mass is 281 g/mol. The number of thioether (sulfide) groups is 1. The van der Waals surface area contributed by atoms with Gasteiger partial charge in [-0.15, -0.1) is 0 Å². The van der Waals surface area contributed by atoms with Crippen molar-refractivity contribution < 1.29 is 0 Å². The lowest BCUT2D eigenvalue weighted by Crippen LogP contribution is -2.32. The number of nitrogens with one attached hydrogen (secondary N) is 1. The van der Waals surface area contributed by atoms with Crippen LogP contribution in [0.15, 0.2) is 12.3 Å². The van der Waals surface area contributed by atoms with Crippen molar-refractivity contribution in [3.8, 4) is 0 Å². The molecule has 2 rings (SSSR count). The van der Waals surface area contributed by atoms with Crippen LogP contribution in [0.2, 0.25) is 0 Å². The molecule has 1 aliphatic rings. The molecule has 0 saturated carbocycles. The van der Waals surface area contributed by atoms with E-state index in [0.717, 1.165) is 18.9 Å². The Balaban J connectivity index is 1.79. The highest BCUT2D eigenvalue weighted by Crippen LogP contribution is 2.27. The van der Waals surface area contributed by atoms with Gasteiger partial charge < -0.3 is 5.32 Å². The highest BCUT2D eigenvalue weighted by atomic mass is 32.2. The largest absolute Gasteiger partial charge is 0.314 e. The Morgan fingerprint density at radius 3 is 2.89 bits per heavy atom. The first-order valence-corrected chi connectivity index (χ1v) is 8.73. The Bertz CT molecular complexity index is 358. The second kappa shape index (κ2) is 7.95. The normalized spacial score (nSPS) is 18.6. The zero-order valence-corrected chi connectivity index (χ0v) is 13.1. The van der Waals surface area contributed by atoms with Gasteiger partial charge in [-0.1, -0.05) is 6.92 Å². The molecule has 1 aromatic heterocycles. The van der Waals surface area contributed by atoms with Gasteiger partial charge in [-0.05, 0) is 62.1 Å². The number of aryl methyl sites for hydroxylation is 2. The molecule has 1 aliphatic heterocycles. The maximum absolute atomic E-state index is 4.25. The van der Waals surface area contributed by atoms with Gasteiger partial charge in [0.2, 0.25) is 0 Å². The molecule has 1 fully saturated rings. The fraction of sp³-hybridized carbons (Fsp3) is 0.800. The molecule has 1 aromatic rings. The first-order valence-electron chi connectivity index (χ1n) is 7.57. The summed E-state index contributed by atoms with van der Waals surface area (Å²) in [6, 6.07) is 2.81. The van der Waals surface area contributed by atoms with Crippen LogP contribution >= 0.6 is 11.8 Å². The van der Waals surface area contributed by atoms with Crippen molar-refractivity contribution in [1.82, 2.24) is 15.1 Å². The minimum Gasteiger partial charge on any atom is -0.314 e. The summed E-state index contributed by atoms with van der Waals surface area (Å²) in [6.45, 7) is 3.30. The number of rotatable bonds is 7. The van der Waals surface area contributed by atoms with Crippen LogP contribution in [0.1, 0.15) is 38.3 Å². The lowest BCUT2D eigenvalue weighted by atomic mass is 9.92. The van der Waals surface area contributed by atoms with Crippen LogP contribution in [-0.4, -0.2) is 33.9 Å². The van der Waals surface area contributed by atoms with Crippen molar-refractivity contribution in [3.63, 3.8) is 0 Å². The molecule has 0 amide bonds. The Morgan fingerprint density at radius 2 is 2.26 bits per heavy atom. The molecule has 0 spiro atoms. The number of nitrogens with zero attached hydrogens (tertiary/aromatic N) is 2. The minimum atomic E-state index is 0.674. The molecular weight excluding hydrogens is 254 g/mol. The van der Waals surface area contributed by atoms with Crippen LogP contribution < -0.4 is 5.32 Å². The lowest BCUT2D eigenvalue weighted by molar-refractivity contribution is 0.353. The van der Waals surface area contributed by atoms with Crippen LogP contribution in [0, 0.1) is 5.92 Å². The standard InChI is InChI=1S/C15H27N3S/c1-3-16-14(12-13-7-10-19-11-8-13)4-5-15-6-9-17-18(15)2/h6,9,13-14,16H,3-5,7-8,10-12H2,1-2H3. The first kappa shape index (κ1) is 14.9. The van der Waals surface area contributed by atoms with E-state index in [4.69, 9.17) is 0 Å². The Labute approximate surface area is 121 Å². The molecule has 1 unspecified atom stereocenters. The average Bonchev–Trinajstić information content (AvgIpc) is 2.83. The van der Waals surface area contributed by atoms with Gasteiger partial charge in [0, 0.05) is 25.0 Å². The smallest absolute Gasteiger partial charge is 0.0492 e. The van der Waals surface area contributed by atoms with Gasteiger partial charge in [0.15, 0.2) is 0 Å². The molecule has 0 radical (unpaired) electrons. The number of hydrogen-bond donors (Lipinski definition) is 1. The first-order chi connectivity index (χ1) is 9.29. The summed E-state index contributed by atoms with van der Waals surface area (Å²) >= 11 is 2.12. The summed E-state index contributed by atoms with van der Waals surface area (Å²) < 4.78 is 2.00. The third-order valence-electron chi connectivity index (χ3n) is 4.12. The van der Waals surface area contributed by atoms with Gasteiger partial charge in [-0.25, -0.2) is 0 Å². The van der Waals surface area contributed by atoms with E-state index in [9.17, 15) is 0 Å². The highest BCUT2D eigenvalue weighted by molar-refractivity contribution is 7.99.